The Morgan fingerprint density at radius 1 is 1.15 bits per heavy atom. The molecule has 1 aliphatic heterocycles. The summed E-state index contributed by atoms with van der Waals surface area (Å²) in [4.78, 5) is 0. The molecule has 74 valence electrons. The van der Waals surface area contributed by atoms with Gasteiger partial charge in [0.1, 0.15) is 0 Å². The molecular formula is C12H21N. The molecule has 0 amide bonds. The predicted octanol–water partition coefficient (Wildman–Crippen LogP) is 2.42. The van der Waals surface area contributed by atoms with E-state index in [0.29, 0.717) is 11.0 Å². The van der Waals surface area contributed by atoms with Gasteiger partial charge in [-0.25, -0.2) is 0 Å². The molecule has 0 aromatic carbocycles. The van der Waals surface area contributed by atoms with Crippen LogP contribution in [-0.2, 0) is 0 Å². The lowest BCUT2D eigenvalue weighted by Crippen LogP contribution is -2.53. The molecule has 3 aliphatic rings. The van der Waals surface area contributed by atoms with E-state index in [0.717, 1.165) is 17.8 Å². The van der Waals surface area contributed by atoms with Crippen molar-refractivity contribution in [3.05, 3.63) is 0 Å². The van der Waals surface area contributed by atoms with Crippen LogP contribution in [0, 0.1) is 23.2 Å². The van der Waals surface area contributed by atoms with Gasteiger partial charge in [0.15, 0.2) is 0 Å². The van der Waals surface area contributed by atoms with E-state index in [9.17, 15) is 0 Å². The maximum Gasteiger partial charge on any atom is 0.0240 e. The molecule has 5 atom stereocenters. The smallest absolute Gasteiger partial charge is 0.0240 e. The lowest BCUT2D eigenvalue weighted by Gasteiger charge is -2.46. The first kappa shape index (κ1) is 8.28. The van der Waals surface area contributed by atoms with E-state index >= 15 is 0 Å². The average Bonchev–Trinajstić information content (AvgIpc) is 2.70. The van der Waals surface area contributed by atoms with Crippen molar-refractivity contribution in [1.29, 1.82) is 0 Å². The van der Waals surface area contributed by atoms with Gasteiger partial charge in [-0.15, -0.1) is 0 Å². The number of hydrogen-bond acceptors (Lipinski definition) is 1. The van der Waals surface area contributed by atoms with Crippen molar-refractivity contribution in [3.63, 3.8) is 0 Å². The molecule has 1 saturated heterocycles. The van der Waals surface area contributed by atoms with Gasteiger partial charge in [0.05, 0.1) is 0 Å². The van der Waals surface area contributed by atoms with E-state index in [2.05, 4.69) is 26.1 Å². The number of fused-ring (bicyclic) bond motifs is 5. The molecular weight excluding hydrogens is 158 g/mol. The van der Waals surface area contributed by atoms with E-state index in [-0.39, 0.29) is 0 Å². The Kier molecular flexibility index (Phi) is 1.36. The molecule has 0 aromatic rings. The predicted molar refractivity (Wildman–Crippen MR) is 54.5 cm³/mol. The molecule has 13 heavy (non-hydrogen) atoms. The van der Waals surface area contributed by atoms with Crippen molar-refractivity contribution in [2.75, 3.05) is 6.54 Å². The summed E-state index contributed by atoms with van der Waals surface area (Å²) < 4.78 is 0. The third-order valence-electron chi connectivity index (χ3n) is 6.02. The summed E-state index contributed by atoms with van der Waals surface area (Å²) in [5, 5.41) is 3.82. The highest BCUT2D eigenvalue weighted by Crippen LogP contribution is 2.66. The first-order chi connectivity index (χ1) is 6.09. The second-order valence-corrected chi connectivity index (χ2v) is 5.97. The first-order valence-corrected chi connectivity index (χ1v) is 5.84. The van der Waals surface area contributed by atoms with Crippen LogP contribution in [0.15, 0.2) is 0 Å². The summed E-state index contributed by atoms with van der Waals surface area (Å²) in [6.07, 6.45) is 4.49. The van der Waals surface area contributed by atoms with Gasteiger partial charge in [-0.2, -0.15) is 0 Å². The normalized spacial score (nSPS) is 64.4. The minimum atomic E-state index is 0.481. The molecule has 0 aromatic heterocycles. The van der Waals surface area contributed by atoms with Gasteiger partial charge in [0.2, 0.25) is 0 Å². The fraction of sp³-hybridized carbons (Fsp3) is 1.00. The van der Waals surface area contributed by atoms with Gasteiger partial charge in [-0.05, 0) is 55.9 Å². The first-order valence-electron chi connectivity index (χ1n) is 5.84. The van der Waals surface area contributed by atoms with E-state index in [4.69, 9.17) is 0 Å². The van der Waals surface area contributed by atoms with Crippen LogP contribution >= 0.6 is 0 Å². The van der Waals surface area contributed by atoms with Crippen LogP contribution in [0.1, 0.15) is 40.0 Å². The third-order valence-corrected chi connectivity index (χ3v) is 6.02. The molecule has 1 heterocycles. The standard InChI is InChI=1S/C12H21N/c1-8-7-13-12(3)10-5-4-9(6-10)11(8,12)2/h8-10,13H,4-7H2,1-3H3. The number of hydrogen-bond donors (Lipinski definition) is 1. The Bertz CT molecular complexity index is 250. The molecule has 1 N–H and O–H groups in total. The van der Waals surface area contributed by atoms with E-state index in [1.165, 1.54) is 25.8 Å². The van der Waals surface area contributed by atoms with Crippen molar-refractivity contribution in [1.82, 2.24) is 5.32 Å². The highest BCUT2D eigenvalue weighted by molar-refractivity contribution is 5.20. The van der Waals surface area contributed by atoms with Crippen LogP contribution in [0.25, 0.3) is 0 Å². The molecule has 3 rings (SSSR count). The molecule has 1 heteroatoms. The van der Waals surface area contributed by atoms with Gasteiger partial charge in [0, 0.05) is 5.54 Å². The lowest BCUT2D eigenvalue weighted by molar-refractivity contribution is 0.0642. The topological polar surface area (TPSA) is 12.0 Å². The van der Waals surface area contributed by atoms with Crippen molar-refractivity contribution < 1.29 is 0 Å². The van der Waals surface area contributed by atoms with Gasteiger partial charge >= 0.3 is 0 Å². The van der Waals surface area contributed by atoms with Crippen molar-refractivity contribution in [3.8, 4) is 0 Å². The van der Waals surface area contributed by atoms with Crippen LogP contribution in [0.4, 0.5) is 0 Å². The summed E-state index contributed by atoms with van der Waals surface area (Å²) in [5.74, 6) is 2.88. The van der Waals surface area contributed by atoms with Crippen LogP contribution in [0.3, 0.4) is 0 Å². The molecule has 2 bridgehead atoms. The van der Waals surface area contributed by atoms with E-state index in [1.807, 2.05) is 0 Å². The van der Waals surface area contributed by atoms with Crippen molar-refractivity contribution in [2.45, 2.75) is 45.6 Å². The summed E-state index contributed by atoms with van der Waals surface area (Å²) in [6.45, 7) is 8.72. The van der Waals surface area contributed by atoms with E-state index < -0.39 is 0 Å². The highest BCUT2D eigenvalue weighted by Gasteiger charge is 2.66. The minimum Gasteiger partial charge on any atom is -0.310 e. The van der Waals surface area contributed by atoms with E-state index in [1.54, 1.807) is 0 Å². The fourth-order valence-electron chi connectivity index (χ4n) is 4.74. The number of nitrogens with one attached hydrogen (secondary N) is 1. The minimum absolute atomic E-state index is 0.481. The largest absolute Gasteiger partial charge is 0.310 e. The third kappa shape index (κ3) is 0.674. The number of rotatable bonds is 0. The molecule has 3 fully saturated rings. The molecule has 2 aliphatic carbocycles. The van der Waals surface area contributed by atoms with Crippen LogP contribution in [-0.4, -0.2) is 12.1 Å². The Balaban J connectivity index is 2.09. The molecule has 1 nitrogen and oxygen atoms in total. The Morgan fingerprint density at radius 2 is 1.85 bits per heavy atom. The van der Waals surface area contributed by atoms with Crippen LogP contribution in [0.5, 0.6) is 0 Å². The second kappa shape index (κ2) is 2.13. The Morgan fingerprint density at radius 3 is 2.54 bits per heavy atom. The summed E-state index contributed by atoms with van der Waals surface area (Å²) in [6, 6.07) is 0. The molecule has 0 radical (unpaired) electrons. The molecule has 0 spiro atoms. The highest BCUT2D eigenvalue weighted by atomic mass is 15.1. The maximum atomic E-state index is 3.82. The quantitative estimate of drug-likeness (QED) is 0.602. The van der Waals surface area contributed by atoms with Crippen LogP contribution in [0.2, 0.25) is 0 Å². The Labute approximate surface area is 81.3 Å². The van der Waals surface area contributed by atoms with Crippen molar-refractivity contribution >= 4 is 0 Å². The SMILES string of the molecule is CC1CNC2(C)C3CCC(C3)C12C. The molecule has 5 unspecified atom stereocenters. The van der Waals surface area contributed by atoms with Crippen molar-refractivity contribution in [2.24, 2.45) is 23.2 Å². The van der Waals surface area contributed by atoms with Crippen LogP contribution < -0.4 is 5.32 Å². The van der Waals surface area contributed by atoms with Gasteiger partial charge in [-0.1, -0.05) is 13.8 Å². The maximum absolute atomic E-state index is 3.82. The summed E-state index contributed by atoms with van der Waals surface area (Å²) in [5.41, 5.74) is 1.09. The second-order valence-electron chi connectivity index (χ2n) is 5.97. The summed E-state index contributed by atoms with van der Waals surface area (Å²) >= 11 is 0. The van der Waals surface area contributed by atoms with Gasteiger partial charge < -0.3 is 5.32 Å². The van der Waals surface area contributed by atoms with Gasteiger partial charge in [0.25, 0.3) is 0 Å². The zero-order valence-corrected chi connectivity index (χ0v) is 9.06. The average molecular weight is 179 g/mol. The fourth-order valence-corrected chi connectivity index (χ4v) is 4.74. The monoisotopic (exact) mass is 179 g/mol. The molecule has 2 saturated carbocycles. The van der Waals surface area contributed by atoms with Gasteiger partial charge in [-0.3, -0.25) is 0 Å². The zero-order chi connectivity index (χ0) is 9.27. The zero-order valence-electron chi connectivity index (χ0n) is 9.06. The Hall–Kier alpha value is -0.0400. The summed E-state index contributed by atoms with van der Waals surface area (Å²) in [7, 11) is 0. The lowest BCUT2D eigenvalue weighted by atomic mass is 9.60.